The van der Waals surface area contributed by atoms with Gasteiger partial charge in [-0.05, 0) is 24.6 Å². The van der Waals surface area contributed by atoms with Gasteiger partial charge >= 0.3 is 0 Å². The zero-order valence-corrected chi connectivity index (χ0v) is 12.1. The molecule has 1 aliphatic heterocycles. The minimum atomic E-state index is -0.261. The number of ether oxygens (including phenoxy) is 1. The molecule has 5 heteroatoms. The summed E-state index contributed by atoms with van der Waals surface area (Å²) in [4.78, 5) is 12.5. The molecule has 0 bridgehead atoms. The minimum absolute atomic E-state index is 0.261. The van der Waals surface area contributed by atoms with Gasteiger partial charge in [0, 0.05) is 23.7 Å². The van der Waals surface area contributed by atoms with Gasteiger partial charge in [-0.15, -0.1) is 0 Å². The summed E-state index contributed by atoms with van der Waals surface area (Å²) in [5.41, 5.74) is 5.45. The molecule has 1 N–H and O–H groups in total. The Morgan fingerprint density at radius 2 is 2.14 bits per heavy atom. The number of halogens is 1. The van der Waals surface area contributed by atoms with Crippen molar-refractivity contribution in [3.63, 3.8) is 0 Å². The quantitative estimate of drug-likeness (QED) is 0.789. The molecule has 0 atom stereocenters. The summed E-state index contributed by atoms with van der Waals surface area (Å²) >= 11 is 0. The molecule has 0 aliphatic carbocycles. The van der Waals surface area contributed by atoms with E-state index in [9.17, 15) is 4.39 Å². The number of nitrogens with zero attached hydrogens (tertiary/aromatic N) is 2. The van der Waals surface area contributed by atoms with Crippen molar-refractivity contribution in [1.82, 2.24) is 9.97 Å². The Balaban J connectivity index is 1.91. The maximum atomic E-state index is 13.5. The molecule has 0 fully saturated rings. The van der Waals surface area contributed by atoms with Crippen LogP contribution in [0.25, 0.3) is 11.0 Å². The lowest BCUT2D eigenvalue weighted by atomic mass is 9.99. The van der Waals surface area contributed by atoms with E-state index in [1.54, 1.807) is 13.2 Å². The number of aliphatic imine (C=N–C) groups is 1. The Hall–Kier alpha value is -2.69. The zero-order chi connectivity index (χ0) is 15.1. The summed E-state index contributed by atoms with van der Waals surface area (Å²) in [6.07, 6.45) is 0.814. The number of methoxy groups -OCH3 is 1. The van der Waals surface area contributed by atoms with Gasteiger partial charge in [-0.25, -0.2) is 9.37 Å². The van der Waals surface area contributed by atoms with Crippen molar-refractivity contribution in [1.29, 1.82) is 0 Å². The number of nitrogens with one attached hydrogen (secondary N) is 1. The molecule has 1 aromatic carbocycles. The van der Waals surface area contributed by atoms with Crippen molar-refractivity contribution in [2.45, 2.75) is 6.42 Å². The fourth-order valence-electron chi connectivity index (χ4n) is 2.89. The smallest absolute Gasteiger partial charge is 0.213 e. The molecule has 0 spiro atoms. The molecule has 22 heavy (non-hydrogen) atoms. The van der Waals surface area contributed by atoms with Crippen LogP contribution in [0.5, 0.6) is 5.88 Å². The molecule has 4 nitrogen and oxygen atoms in total. The van der Waals surface area contributed by atoms with Crippen LogP contribution in [0.2, 0.25) is 0 Å². The van der Waals surface area contributed by atoms with Crippen LogP contribution in [0.15, 0.2) is 41.4 Å². The standard InChI is InChI=1S/C17H14FN3O/c1-22-14-6-5-13-16(21-14)12-7-8-19-15(17(12)20-13)10-3-2-4-11(18)9-10/h2-6,9,20H,7-8H2,1H3. The van der Waals surface area contributed by atoms with E-state index in [0.29, 0.717) is 12.4 Å². The summed E-state index contributed by atoms with van der Waals surface area (Å²) in [6, 6.07) is 10.3. The van der Waals surface area contributed by atoms with Crippen LogP contribution in [0.4, 0.5) is 4.39 Å². The summed E-state index contributed by atoms with van der Waals surface area (Å²) in [5, 5.41) is 0. The molecule has 110 valence electrons. The predicted octanol–water partition coefficient (Wildman–Crippen LogP) is 3.10. The van der Waals surface area contributed by atoms with Gasteiger partial charge < -0.3 is 9.72 Å². The maximum absolute atomic E-state index is 13.5. The first-order chi connectivity index (χ1) is 10.8. The van der Waals surface area contributed by atoms with Crippen LogP contribution in [-0.4, -0.2) is 29.3 Å². The van der Waals surface area contributed by atoms with Crippen molar-refractivity contribution in [3.8, 4) is 5.88 Å². The molecular formula is C17H14FN3O. The molecule has 2 aromatic heterocycles. The highest BCUT2D eigenvalue weighted by atomic mass is 19.1. The van der Waals surface area contributed by atoms with E-state index in [1.165, 1.54) is 12.1 Å². The topological polar surface area (TPSA) is 50.3 Å². The van der Waals surface area contributed by atoms with Gasteiger partial charge in [0.05, 0.1) is 29.5 Å². The second-order valence-corrected chi connectivity index (χ2v) is 5.22. The Morgan fingerprint density at radius 1 is 1.23 bits per heavy atom. The van der Waals surface area contributed by atoms with Gasteiger partial charge in [0.1, 0.15) is 5.82 Å². The highest BCUT2D eigenvalue weighted by molar-refractivity contribution is 6.15. The summed E-state index contributed by atoms with van der Waals surface area (Å²) in [6.45, 7) is 0.671. The highest BCUT2D eigenvalue weighted by Gasteiger charge is 2.22. The van der Waals surface area contributed by atoms with E-state index in [2.05, 4.69) is 15.0 Å². The lowest BCUT2D eigenvalue weighted by Gasteiger charge is -2.13. The Kier molecular flexibility index (Phi) is 2.92. The first-order valence-corrected chi connectivity index (χ1v) is 7.12. The minimum Gasteiger partial charge on any atom is -0.481 e. The largest absolute Gasteiger partial charge is 0.481 e. The third kappa shape index (κ3) is 1.97. The number of fused-ring (bicyclic) bond motifs is 3. The van der Waals surface area contributed by atoms with Crippen LogP contribution in [0, 0.1) is 5.82 Å². The number of hydrogen-bond acceptors (Lipinski definition) is 3. The van der Waals surface area contributed by atoms with Crippen LogP contribution in [-0.2, 0) is 6.42 Å². The van der Waals surface area contributed by atoms with E-state index in [4.69, 9.17) is 4.74 Å². The molecule has 3 aromatic rings. The van der Waals surface area contributed by atoms with Gasteiger partial charge in [-0.2, -0.15) is 0 Å². The molecule has 0 saturated carbocycles. The lowest BCUT2D eigenvalue weighted by Crippen LogP contribution is -2.14. The summed E-state index contributed by atoms with van der Waals surface area (Å²) < 4.78 is 18.7. The molecule has 0 amide bonds. The Labute approximate surface area is 126 Å². The Bertz CT molecular complexity index is 898. The number of benzene rings is 1. The fraction of sp³-hybridized carbons (Fsp3) is 0.176. The Morgan fingerprint density at radius 3 is 2.95 bits per heavy atom. The van der Waals surface area contributed by atoms with Crippen molar-refractivity contribution >= 4 is 16.7 Å². The second-order valence-electron chi connectivity index (χ2n) is 5.22. The van der Waals surface area contributed by atoms with Gasteiger partial charge in [-0.3, -0.25) is 4.99 Å². The monoisotopic (exact) mass is 295 g/mol. The normalized spacial score (nSPS) is 13.8. The van der Waals surface area contributed by atoms with E-state index in [0.717, 1.165) is 40.0 Å². The molecule has 0 saturated heterocycles. The third-order valence-electron chi connectivity index (χ3n) is 3.89. The lowest BCUT2D eigenvalue weighted by molar-refractivity contribution is 0.399. The van der Waals surface area contributed by atoms with Crippen LogP contribution >= 0.6 is 0 Å². The number of rotatable bonds is 2. The van der Waals surface area contributed by atoms with Gasteiger partial charge in [0.2, 0.25) is 5.88 Å². The van der Waals surface area contributed by atoms with E-state index in [-0.39, 0.29) is 5.82 Å². The average Bonchev–Trinajstić information content (AvgIpc) is 2.92. The molecule has 0 radical (unpaired) electrons. The van der Waals surface area contributed by atoms with Crippen molar-refractivity contribution in [3.05, 3.63) is 59.0 Å². The maximum Gasteiger partial charge on any atom is 0.213 e. The molecular weight excluding hydrogens is 281 g/mol. The number of aromatic amines is 1. The van der Waals surface area contributed by atoms with Gasteiger partial charge in [0.25, 0.3) is 0 Å². The van der Waals surface area contributed by atoms with Crippen LogP contribution in [0.3, 0.4) is 0 Å². The number of hydrogen-bond donors (Lipinski definition) is 1. The molecule has 3 heterocycles. The number of H-pyrrole nitrogens is 1. The zero-order valence-electron chi connectivity index (χ0n) is 12.1. The van der Waals surface area contributed by atoms with Gasteiger partial charge in [0.15, 0.2) is 0 Å². The first kappa shape index (κ1) is 13.0. The molecule has 4 rings (SSSR count). The highest BCUT2D eigenvalue weighted by Crippen LogP contribution is 2.28. The second kappa shape index (κ2) is 4.94. The van der Waals surface area contributed by atoms with E-state index >= 15 is 0 Å². The van der Waals surface area contributed by atoms with Crippen molar-refractivity contribution in [2.75, 3.05) is 13.7 Å². The fourth-order valence-corrected chi connectivity index (χ4v) is 2.89. The summed E-state index contributed by atoms with van der Waals surface area (Å²) in [5.74, 6) is 0.326. The van der Waals surface area contributed by atoms with Crippen LogP contribution < -0.4 is 4.74 Å². The van der Waals surface area contributed by atoms with E-state index < -0.39 is 0 Å². The number of aromatic nitrogens is 2. The van der Waals surface area contributed by atoms with Crippen molar-refractivity contribution in [2.24, 2.45) is 4.99 Å². The van der Waals surface area contributed by atoms with E-state index in [1.807, 2.05) is 18.2 Å². The first-order valence-electron chi connectivity index (χ1n) is 7.12. The summed E-state index contributed by atoms with van der Waals surface area (Å²) in [7, 11) is 1.60. The third-order valence-corrected chi connectivity index (χ3v) is 3.89. The molecule has 0 unspecified atom stereocenters. The van der Waals surface area contributed by atoms with Gasteiger partial charge in [-0.1, -0.05) is 12.1 Å². The van der Waals surface area contributed by atoms with Crippen molar-refractivity contribution < 1.29 is 9.13 Å². The molecule has 1 aliphatic rings. The predicted molar refractivity (Wildman–Crippen MR) is 83.3 cm³/mol. The SMILES string of the molecule is COc1ccc2[nH]c3c(c2n1)CCN=C3c1cccc(F)c1. The average molecular weight is 295 g/mol. The van der Waals surface area contributed by atoms with Crippen LogP contribution in [0.1, 0.15) is 16.8 Å². The number of pyridine rings is 1.